The number of anilines is 1. The lowest BCUT2D eigenvalue weighted by Gasteiger charge is -2.41. The molecule has 2 rings (SSSR count). The van der Waals surface area contributed by atoms with Gasteiger partial charge in [-0.25, -0.2) is 0 Å². The molecule has 4 atom stereocenters. The van der Waals surface area contributed by atoms with Crippen LogP contribution in [-0.4, -0.2) is 48.1 Å². The van der Waals surface area contributed by atoms with Crippen LogP contribution >= 0.6 is 0 Å². The minimum absolute atomic E-state index is 0.0312. The Balaban J connectivity index is 2.09. The number of hydrogen-bond acceptors (Lipinski definition) is 4. The molecule has 0 unspecified atom stereocenters. The molecule has 2 N–H and O–H groups in total. The number of carbonyl (C=O) groups is 2. The van der Waals surface area contributed by atoms with Gasteiger partial charge in [-0.05, 0) is 44.4 Å². The summed E-state index contributed by atoms with van der Waals surface area (Å²) < 4.78 is 5.81. The molecule has 1 heterocycles. The van der Waals surface area contributed by atoms with Gasteiger partial charge in [-0.15, -0.1) is 0 Å². The van der Waals surface area contributed by atoms with Crippen molar-refractivity contribution in [3.8, 4) is 0 Å². The highest BCUT2D eigenvalue weighted by Gasteiger charge is 2.34. The highest BCUT2D eigenvalue weighted by molar-refractivity contribution is 5.88. The molecule has 6 heteroatoms. The summed E-state index contributed by atoms with van der Waals surface area (Å²) in [5.74, 6) is 0.114. The monoisotopic (exact) mass is 375 g/mol. The molecule has 0 radical (unpaired) electrons. The summed E-state index contributed by atoms with van der Waals surface area (Å²) in [5.41, 5.74) is 1.69. The molecular weight excluding hydrogens is 342 g/mol. The van der Waals surface area contributed by atoms with E-state index in [2.05, 4.69) is 29.4 Å². The fraction of sp³-hybridized carbons (Fsp3) is 0.619. The second-order valence-electron chi connectivity index (χ2n) is 7.94. The number of amides is 2. The van der Waals surface area contributed by atoms with Crippen molar-refractivity contribution in [2.24, 2.45) is 5.92 Å². The highest BCUT2D eigenvalue weighted by atomic mass is 16.5. The second-order valence-corrected chi connectivity index (χ2v) is 7.94. The third kappa shape index (κ3) is 6.04. The summed E-state index contributed by atoms with van der Waals surface area (Å²) >= 11 is 0. The molecule has 150 valence electrons. The molecule has 0 saturated carbocycles. The van der Waals surface area contributed by atoms with Gasteiger partial charge in [0.1, 0.15) is 0 Å². The maximum Gasteiger partial charge on any atom is 0.238 e. The Morgan fingerprint density at radius 1 is 1.15 bits per heavy atom. The van der Waals surface area contributed by atoms with Crippen LogP contribution in [0.2, 0.25) is 0 Å². The second kappa shape index (κ2) is 9.33. The van der Waals surface area contributed by atoms with Crippen LogP contribution in [0.3, 0.4) is 0 Å². The number of nitrogens with zero attached hydrogens (tertiary/aromatic N) is 1. The van der Waals surface area contributed by atoms with E-state index in [4.69, 9.17) is 4.74 Å². The summed E-state index contributed by atoms with van der Waals surface area (Å²) in [7, 11) is 0. The third-order valence-corrected chi connectivity index (χ3v) is 4.81. The largest absolute Gasteiger partial charge is 0.373 e. The molecule has 1 aromatic rings. The van der Waals surface area contributed by atoms with E-state index in [1.807, 2.05) is 45.0 Å². The Morgan fingerprint density at radius 2 is 1.78 bits per heavy atom. The topological polar surface area (TPSA) is 70.7 Å². The summed E-state index contributed by atoms with van der Waals surface area (Å²) in [5, 5.41) is 5.93. The van der Waals surface area contributed by atoms with Gasteiger partial charge >= 0.3 is 0 Å². The summed E-state index contributed by atoms with van der Waals surface area (Å²) in [6.45, 7) is 13.2. The zero-order chi connectivity index (χ0) is 20.1. The first-order valence-corrected chi connectivity index (χ1v) is 9.74. The first-order valence-electron chi connectivity index (χ1n) is 9.74. The molecule has 0 aromatic heterocycles. The smallest absolute Gasteiger partial charge is 0.238 e. The van der Waals surface area contributed by atoms with Crippen LogP contribution in [-0.2, 0) is 14.3 Å². The minimum Gasteiger partial charge on any atom is -0.373 e. The van der Waals surface area contributed by atoms with E-state index >= 15 is 0 Å². The van der Waals surface area contributed by atoms with Crippen LogP contribution in [0.15, 0.2) is 24.3 Å². The molecule has 1 aromatic carbocycles. The normalized spacial score (nSPS) is 22.9. The fourth-order valence-electron chi connectivity index (χ4n) is 3.81. The molecule has 0 bridgehead atoms. The summed E-state index contributed by atoms with van der Waals surface area (Å²) in [4.78, 5) is 26.6. The first-order chi connectivity index (χ1) is 12.7. The number of carbonyl (C=O) groups excluding carboxylic acids is 2. The highest BCUT2D eigenvalue weighted by Crippen LogP contribution is 2.21. The van der Waals surface area contributed by atoms with E-state index < -0.39 is 0 Å². The van der Waals surface area contributed by atoms with Crippen molar-refractivity contribution in [1.82, 2.24) is 10.2 Å². The molecule has 1 aliphatic heterocycles. The minimum atomic E-state index is -0.195. The van der Waals surface area contributed by atoms with E-state index in [0.717, 1.165) is 24.3 Å². The quantitative estimate of drug-likeness (QED) is 0.802. The molecule has 0 spiro atoms. The van der Waals surface area contributed by atoms with Gasteiger partial charge in [-0.3, -0.25) is 14.5 Å². The summed E-state index contributed by atoms with van der Waals surface area (Å²) in [6.07, 6.45) is 0.240. The van der Waals surface area contributed by atoms with Crippen molar-refractivity contribution >= 4 is 17.5 Å². The average molecular weight is 376 g/mol. The number of benzene rings is 1. The van der Waals surface area contributed by atoms with E-state index in [1.54, 1.807) is 0 Å². The lowest BCUT2D eigenvalue weighted by atomic mass is 9.98. The predicted octanol–water partition coefficient (Wildman–Crippen LogP) is 2.96. The fourth-order valence-corrected chi connectivity index (χ4v) is 3.81. The van der Waals surface area contributed by atoms with Crippen molar-refractivity contribution in [1.29, 1.82) is 0 Å². The zero-order valence-electron chi connectivity index (χ0n) is 17.3. The van der Waals surface area contributed by atoms with E-state index in [-0.39, 0.29) is 42.0 Å². The van der Waals surface area contributed by atoms with Gasteiger partial charge in [0.05, 0.1) is 24.3 Å². The molecule has 2 amide bonds. The van der Waals surface area contributed by atoms with Crippen molar-refractivity contribution in [2.75, 3.05) is 18.4 Å². The number of morpholine rings is 1. The zero-order valence-corrected chi connectivity index (χ0v) is 17.3. The molecule has 27 heavy (non-hydrogen) atoms. The van der Waals surface area contributed by atoms with E-state index in [1.165, 1.54) is 6.92 Å². The predicted molar refractivity (Wildman–Crippen MR) is 108 cm³/mol. The van der Waals surface area contributed by atoms with Crippen LogP contribution in [0, 0.1) is 5.92 Å². The SMILES string of the molecule is CC(=O)Nc1cccc([C@H](C)NC(=O)[C@H](C(C)C)N2C[C@H](C)O[C@@H](C)C2)c1. The molecule has 1 aliphatic rings. The van der Waals surface area contributed by atoms with E-state index in [0.29, 0.717) is 0 Å². The third-order valence-electron chi connectivity index (χ3n) is 4.81. The average Bonchev–Trinajstić information content (AvgIpc) is 2.53. The number of ether oxygens (including phenoxy) is 1. The van der Waals surface area contributed by atoms with Crippen LogP contribution in [0.4, 0.5) is 5.69 Å². The maximum atomic E-state index is 13.1. The Kier molecular flexibility index (Phi) is 7.39. The number of rotatable bonds is 6. The van der Waals surface area contributed by atoms with Crippen LogP contribution in [0.1, 0.15) is 53.1 Å². The van der Waals surface area contributed by atoms with Gasteiger partial charge in [-0.2, -0.15) is 0 Å². The van der Waals surface area contributed by atoms with Crippen LogP contribution < -0.4 is 10.6 Å². The molecule has 6 nitrogen and oxygen atoms in total. The molecular formula is C21H33N3O3. The van der Waals surface area contributed by atoms with Crippen LogP contribution in [0.25, 0.3) is 0 Å². The molecule has 0 aliphatic carbocycles. The Hall–Kier alpha value is -1.92. The van der Waals surface area contributed by atoms with Gasteiger partial charge in [0, 0.05) is 25.7 Å². The van der Waals surface area contributed by atoms with E-state index in [9.17, 15) is 9.59 Å². The van der Waals surface area contributed by atoms with Gasteiger partial charge in [0.25, 0.3) is 0 Å². The van der Waals surface area contributed by atoms with Crippen molar-refractivity contribution in [3.05, 3.63) is 29.8 Å². The number of nitrogens with one attached hydrogen (secondary N) is 2. The van der Waals surface area contributed by atoms with Gasteiger partial charge < -0.3 is 15.4 Å². The first kappa shape index (κ1) is 21.4. The lowest BCUT2D eigenvalue weighted by molar-refractivity contribution is -0.136. The van der Waals surface area contributed by atoms with Crippen molar-refractivity contribution < 1.29 is 14.3 Å². The lowest BCUT2D eigenvalue weighted by Crippen LogP contribution is -2.57. The number of hydrogen-bond donors (Lipinski definition) is 2. The molecule has 1 saturated heterocycles. The Morgan fingerprint density at radius 3 is 2.33 bits per heavy atom. The van der Waals surface area contributed by atoms with Crippen molar-refractivity contribution in [2.45, 2.75) is 65.8 Å². The van der Waals surface area contributed by atoms with Crippen molar-refractivity contribution in [3.63, 3.8) is 0 Å². The Bertz CT molecular complexity index is 652. The summed E-state index contributed by atoms with van der Waals surface area (Å²) in [6, 6.07) is 7.24. The Labute approximate surface area is 162 Å². The van der Waals surface area contributed by atoms with Crippen LogP contribution in [0.5, 0.6) is 0 Å². The maximum absolute atomic E-state index is 13.1. The van der Waals surface area contributed by atoms with Gasteiger partial charge in [0.2, 0.25) is 11.8 Å². The van der Waals surface area contributed by atoms with Gasteiger partial charge in [0.15, 0.2) is 0 Å². The standard InChI is InChI=1S/C21H33N3O3/c1-13(2)20(24-11-14(3)27-15(4)12-24)21(26)22-16(5)18-8-7-9-19(10-18)23-17(6)25/h7-10,13-16,20H,11-12H2,1-6H3,(H,22,26)(H,23,25)/t14-,15-,16-,20-/m0/s1. The molecule has 1 fully saturated rings. The van der Waals surface area contributed by atoms with Gasteiger partial charge in [-0.1, -0.05) is 26.0 Å².